The first-order chi connectivity index (χ1) is 27.8. The Morgan fingerprint density at radius 2 is 1.79 bits per heavy atom. The maximum absolute atomic E-state index is 13.7. The van der Waals surface area contributed by atoms with E-state index in [0.717, 1.165) is 69.8 Å². The molecule has 57 heavy (non-hydrogen) atoms. The van der Waals surface area contributed by atoms with E-state index < -0.39 is 6.10 Å². The van der Waals surface area contributed by atoms with Crippen molar-refractivity contribution in [2.24, 2.45) is 11.8 Å². The summed E-state index contributed by atoms with van der Waals surface area (Å²) < 4.78 is 18.4. The fourth-order valence-corrected chi connectivity index (χ4v) is 8.66. The zero-order valence-corrected chi connectivity index (χ0v) is 33.1. The molecule has 6 bridgehead atoms. The van der Waals surface area contributed by atoms with Gasteiger partial charge in [0.05, 0.1) is 7.11 Å². The molecule has 0 radical (unpaired) electrons. The number of aliphatic hydroxyl groups is 2. The predicted molar refractivity (Wildman–Crippen MR) is 225 cm³/mol. The van der Waals surface area contributed by atoms with Crippen molar-refractivity contribution in [2.45, 2.75) is 96.2 Å². The summed E-state index contributed by atoms with van der Waals surface area (Å²) in [5, 5.41) is 34.0. The lowest BCUT2D eigenvalue weighted by molar-refractivity contribution is -0.121. The number of aliphatic hydroxyl groups excluding tert-OH is 2. The number of phenols is 1. The molecule has 8 rings (SSSR count). The quantitative estimate of drug-likeness (QED) is 0.103. The molecule has 4 atom stereocenters. The van der Waals surface area contributed by atoms with E-state index in [4.69, 9.17) is 14.2 Å². The van der Waals surface area contributed by atoms with Crippen molar-refractivity contribution in [3.05, 3.63) is 130 Å². The first-order valence-corrected chi connectivity index (χ1v) is 20.5. The van der Waals surface area contributed by atoms with Gasteiger partial charge in [0, 0.05) is 37.4 Å². The summed E-state index contributed by atoms with van der Waals surface area (Å²) in [6, 6.07) is 22.3. The number of hydrogen-bond donors (Lipinski definition) is 3. The first kappa shape index (κ1) is 39.8. The molecule has 0 aromatic heterocycles. The molecule has 0 fully saturated rings. The third-order valence-electron chi connectivity index (χ3n) is 11.8. The summed E-state index contributed by atoms with van der Waals surface area (Å²) in [7, 11) is 1.63. The van der Waals surface area contributed by atoms with Crippen LogP contribution in [0.25, 0.3) is 16.8 Å². The molecule has 296 valence electrons. The molecule has 0 saturated heterocycles. The van der Waals surface area contributed by atoms with Crippen LogP contribution in [0.3, 0.4) is 0 Å². The van der Waals surface area contributed by atoms with Crippen LogP contribution in [0.15, 0.2) is 96.3 Å². The van der Waals surface area contributed by atoms with Crippen molar-refractivity contribution in [1.82, 2.24) is 0 Å². The van der Waals surface area contributed by atoms with Gasteiger partial charge in [-0.1, -0.05) is 86.0 Å². The summed E-state index contributed by atoms with van der Waals surface area (Å²) >= 11 is 0. The molecule has 4 aromatic carbocycles. The van der Waals surface area contributed by atoms with Crippen molar-refractivity contribution in [3.63, 3.8) is 0 Å². The minimum absolute atomic E-state index is 0.0594. The zero-order valence-electron chi connectivity index (χ0n) is 33.1. The molecule has 7 nitrogen and oxygen atoms in total. The van der Waals surface area contributed by atoms with Gasteiger partial charge in [-0.2, -0.15) is 0 Å². The predicted octanol–water partition coefficient (Wildman–Crippen LogP) is 10.2. The van der Waals surface area contributed by atoms with Gasteiger partial charge in [0.15, 0.2) is 11.5 Å². The summed E-state index contributed by atoms with van der Waals surface area (Å²) in [4.78, 5) is 13.7. The van der Waals surface area contributed by atoms with Crippen LogP contribution in [0.4, 0.5) is 0 Å². The number of ketones is 1. The number of unbranched alkanes of at least 4 members (excludes halogenated alkanes) is 1. The monoisotopic (exact) mass is 766 g/mol. The minimum Gasteiger partial charge on any atom is -0.508 e. The summed E-state index contributed by atoms with van der Waals surface area (Å²) in [6.45, 7) is 2.52. The van der Waals surface area contributed by atoms with Crippen molar-refractivity contribution in [1.29, 1.82) is 0 Å². The first-order valence-electron chi connectivity index (χ1n) is 20.5. The SMILES string of the molecule is COc1ccc2cc1OCc1ccc3c(c(O)cc4c3c1C=CC4C)CC#COC(CC1C=C(O)C(CCCO)=CC1CCCCc1ccccc1)CC(=O)CC2. The highest BCUT2D eigenvalue weighted by molar-refractivity contribution is 6.00. The van der Waals surface area contributed by atoms with Gasteiger partial charge in [-0.25, -0.2) is 0 Å². The number of aryl methyl sites for hydroxylation is 2. The van der Waals surface area contributed by atoms with E-state index in [1.807, 2.05) is 36.4 Å². The molecule has 0 spiro atoms. The van der Waals surface area contributed by atoms with E-state index in [0.29, 0.717) is 50.2 Å². The number of methoxy groups -OCH3 is 1. The maximum atomic E-state index is 13.7. The van der Waals surface area contributed by atoms with E-state index in [2.05, 4.69) is 73.6 Å². The van der Waals surface area contributed by atoms with Crippen LogP contribution in [0.5, 0.6) is 17.2 Å². The molecular weight excluding hydrogens is 713 g/mol. The second-order valence-corrected chi connectivity index (χ2v) is 15.8. The van der Waals surface area contributed by atoms with Crippen LogP contribution in [-0.4, -0.2) is 40.9 Å². The van der Waals surface area contributed by atoms with Gasteiger partial charge in [0.2, 0.25) is 0 Å². The number of fused-ring (bicyclic) bond motifs is 9. The Bertz CT molecular complexity index is 2220. The van der Waals surface area contributed by atoms with Crippen LogP contribution < -0.4 is 9.47 Å². The van der Waals surface area contributed by atoms with E-state index >= 15 is 0 Å². The Hall–Kier alpha value is -5.45. The average Bonchev–Trinajstić information content (AvgIpc) is 3.22. The highest BCUT2D eigenvalue weighted by atomic mass is 16.5. The van der Waals surface area contributed by atoms with Crippen LogP contribution >= 0.6 is 0 Å². The van der Waals surface area contributed by atoms with E-state index in [9.17, 15) is 20.1 Å². The zero-order chi connectivity index (χ0) is 39.7. The summed E-state index contributed by atoms with van der Waals surface area (Å²) in [6.07, 6.45) is 17.9. The van der Waals surface area contributed by atoms with Crippen molar-refractivity contribution in [2.75, 3.05) is 13.7 Å². The molecular formula is C50H54O7. The summed E-state index contributed by atoms with van der Waals surface area (Å²) in [5.74, 6) is 5.14. The molecule has 4 aromatic rings. The van der Waals surface area contributed by atoms with Gasteiger partial charge in [-0.15, -0.1) is 0 Å². The molecule has 4 unspecified atom stereocenters. The van der Waals surface area contributed by atoms with Crippen molar-refractivity contribution in [3.8, 4) is 29.3 Å². The normalized spacial score (nSPS) is 20.6. The van der Waals surface area contributed by atoms with Crippen LogP contribution in [0, 0.1) is 23.9 Å². The molecule has 0 amide bonds. The van der Waals surface area contributed by atoms with E-state index in [-0.39, 0.29) is 54.5 Å². The number of allylic oxidation sites excluding steroid dienone is 4. The number of hydrogen-bond acceptors (Lipinski definition) is 7. The summed E-state index contributed by atoms with van der Waals surface area (Å²) in [5.41, 5.74) is 7.05. The molecule has 2 aliphatic heterocycles. The number of rotatable bonds is 11. The van der Waals surface area contributed by atoms with Gasteiger partial charge in [0.25, 0.3) is 0 Å². The Balaban J connectivity index is 1.18. The van der Waals surface area contributed by atoms with Gasteiger partial charge in [-0.3, -0.25) is 4.79 Å². The topological polar surface area (TPSA) is 105 Å². The largest absolute Gasteiger partial charge is 0.508 e. The number of Topliss-reactive ketones (excluding diaryl/α,β-unsaturated/α-hetero) is 1. The van der Waals surface area contributed by atoms with Gasteiger partial charge in [0.1, 0.15) is 36.1 Å². The minimum atomic E-state index is -0.506. The van der Waals surface area contributed by atoms with Crippen molar-refractivity contribution >= 4 is 22.6 Å². The number of benzene rings is 4. The highest BCUT2D eigenvalue weighted by Crippen LogP contribution is 2.42. The Labute approximate surface area is 336 Å². The van der Waals surface area contributed by atoms with E-state index in [1.54, 1.807) is 7.11 Å². The molecule has 0 saturated carbocycles. The third-order valence-corrected chi connectivity index (χ3v) is 11.8. The van der Waals surface area contributed by atoms with Crippen molar-refractivity contribution < 1.29 is 34.3 Å². The lowest BCUT2D eigenvalue weighted by atomic mass is 9.77. The average molecular weight is 767 g/mol. The second-order valence-electron chi connectivity index (χ2n) is 15.8. The molecule has 2 heterocycles. The number of carbonyl (C=O) groups excluding carboxylic acids is 1. The van der Waals surface area contributed by atoms with E-state index in [1.165, 1.54) is 5.56 Å². The molecule has 2 aliphatic carbocycles. The fraction of sp³-hybridized carbons (Fsp3) is 0.380. The molecule has 4 aliphatic rings. The fourth-order valence-electron chi connectivity index (χ4n) is 8.66. The molecule has 7 heteroatoms. The Morgan fingerprint density at radius 3 is 2.61 bits per heavy atom. The Morgan fingerprint density at radius 1 is 0.930 bits per heavy atom. The lowest BCUT2D eigenvalue weighted by Crippen LogP contribution is -2.25. The highest BCUT2D eigenvalue weighted by Gasteiger charge is 2.29. The number of phenolic OH excluding ortho intramolecular Hbond substituents is 1. The third kappa shape index (κ3) is 9.58. The number of ether oxygens (including phenoxy) is 3. The second kappa shape index (κ2) is 18.7. The number of aromatic hydroxyl groups is 1. The van der Waals surface area contributed by atoms with Crippen LogP contribution in [-0.2, 0) is 35.4 Å². The smallest absolute Gasteiger partial charge is 0.161 e. The van der Waals surface area contributed by atoms with Gasteiger partial charge >= 0.3 is 0 Å². The van der Waals surface area contributed by atoms with Gasteiger partial charge < -0.3 is 29.5 Å². The maximum Gasteiger partial charge on any atom is 0.161 e. The standard InChI is InChI=1S/C50H54O7/c1-33-16-21-42-38-19-22-44-43(47(54)31-45(33)50(42)44)15-9-25-56-41(30-40(52)20-17-35-18-23-48(55-2)49(26-35)57-32-38)28-39-29-46(53)37(14-8-24-51)27-36(39)13-7-6-12-34-10-4-3-5-11-34/h3-5,10-11,16,18-19,21-23,26-27,29,31,33,36,39,41,51,53-54H,6-8,12-15,17,20,24,28,30,32H2,1-2H3. The Kier molecular flexibility index (Phi) is 13.0. The van der Waals surface area contributed by atoms with Gasteiger partial charge in [-0.05, 0) is 125 Å². The number of carbonyl (C=O) groups is 1. The van der Waals surface area contributed by atoms with Crippen LogP contribution in [0.1, 0.15) is 97.6 Å². The lowest BCUT2D eigenvalue weighted by Gasteiger charge is -2.30. The molecule has 3 N–H and O–H groups in total. The van der Waals surface area contributed by atoms with Crippen LogP contribution in [0.2, 0.25) is 0 Å².